The first-order valence-corrected chi connectivity index (χ1v) is 7.89. The van der Waals surface area contributed by atoms with E-state index >= 15 is 0 Å². The van der Waals surface area contributed by atoms with Crippen LogP contribution in [0.5, 0.6) is 0 Å². The van der Waals surface area contributed by atoms with E-state index in [1.54, 1.807) is 17.7 Å². The molecule has 0 radical (unpaired) electrons. The van der Waals surface area contributed by atoms with Crippen LogP contribution in [0.2, 0.25) is 0 Å². The van der Waals surface area contributed by atoms with Gasteiger partial charge >= 0.3 is 0 Å². The molecule has 0 saturated heterocycles. The minimum absolute atomic E-state index is 0.736. The van der Waals surface area contributed by atoms with Crippen LogP contribution in [-0.2, 0) is 6.54 Å². The Labute approximate surface area is 126 Å². The zero-order valence-corrected chi connectivity index (χ0v) is 13.7. The van der Waals surface area contributed by atoms with Crippen molar-refractivity contribution < 1.29 is 0 Å². The lowest BCUT2D eigenvalue weighted by molar-refractivity contribution is 1.06. The van der Waals surface area contributed by atoms with Crippen molar-refractivity contribution in [1.82, 2.24) is 9.97 Å². The Hall–Kier alpha value is -0.660. The Kier molecular flexibility index (Phi) is 4.96. The molecule has 0 fully saturated rings. The normalized spacial score (nSPS) is 10.4. The van der Waals surface area contributed by atoms with Gasteiger partial charge in [-0.3, -0.25) is 0 Å². The second kappa shape index (κ2) is 6.49. The van der Waals surface area contributed by atoms with Gasteiger partial charge in [0.15, 0.2) is 0 Å². The van der Waals surface area contributed by atoms with Crippen molar-refractivity contribution in [2.24, 2.45) is 0 Å². The molecule has 0 unspecified atom stereocenters. The first-order valence-electron chi connectivity index (χ1n) is 5.42. The van der Waals surface area contributed by atoms with Gasteiger partial charge in [-0.15, -0.1) is 11.3 Å². The van der Waals surface area contributed by atoms with Crippen molar-refractivity contribution in [2.75, 3.05) is 17.2 Å². The molecule has 2 aromatic rings. The second-order valence-corrected chi connectivity index (χ2v) is 6.11. The summed E-state index contributed by atoms with van der Waals surface area (Å²) in [4.78, 5) is 9.65. The van der Waals surface area contributed by atoms with E-state index in [0.29, 0.717) is 0 Å². The minimum atomic E-state index is 0.736. The maximum absolute atomic E-state index is 4.23. The summed E-state index contributed by atoms with van der Waals surface area (Å²) in [5.41, 5.74) is 0. The number of nitrogens with zero attached hydrogens (tertiary/aromatic N) is 2. The molecule has 2 N–H and O–H groups in total. The van der Waals surface area contributed by atoms with Crippen LogP contribution in [0, 0.1) is 0 Å². The molecular formula is C11H12Br2N4S. The van der Waals surface area contributed by atoms with E-state index in [4.69, 9.17) is 0 Å². The number of nitrogens with one attached hydrogen (secondary N) is 2. The number of rotatable bonds is 5. The second-order valence-electron chi connectivity index (χ2n) is 3.46. The van der Waals surface area contributed by atoms with Crippen molar-refractivity contribution in [1.29, 1.82) is 0 Å². The van der Waals surface area contributed by atoms with Crippen LogP contribution >= 0.6 is 43.2 Å². The van der Waals surface area contributed by atoms with E-state index in [-0.39, 0.29) is 0 Å². The lowest BCUT2D eigenvalue weighted by atomic mass is 10.4. The third-order valence-corrected chi connectivity index (χ3v) is 4.92. The highest BCUT2D eigenvalue weighted by Crippen LogP contribution is 2.28. The van der Waals surface area contributed by atoms with Gasteiger partial charge in [0.05, 0.1) is 6.54 Å². The van der Waals surface area contributed by atoms with E-state index in [2.05, 4.69) is 57.8 Å². The van der Waals surface area contributed by atoms with Crippen LogP contribution in [-0.4, -0.2) is 16.5 Å². The molecular weight excluding hydrogens is 380 g/mol. The summed E-state index contributed by atoms with van der Waals surface area (Å²) in [7, 11) is 0. The zero-order chi connectivity index (χ0) is 13.0. The van der Waals surface area contributed by atoms with Gasteiger partial charge in [0.25, 0.3) is 0 Å². The third kappa shape index (κ3) is 3.21. The van der Waals surface area contributed by atoms with Crippen molar-refractivity contribution in [2.45, 2.75) is 13.5 Å². The average Bonchev–Trinajstić information content (AvgIpc) is 2.76. The number of hydrogen-bond acceptors (Lipinski definition) is 5. The number of halogens is 2. The molecule has 0 spiro atoms. The standard InChI is InChI=1S/C11H12Br2N4S/c1-2-14-10-9(13)11(17-6-16-10)15-5-8-7(12)3-4-18-8/h3-4,6H,2,5H2,1H3,(H2,14,15,16,17). The Morgan fingerprint density at radius 2 is 1.94 bits per heavy atom. The van der Waals surface area contributed by atoms with Gasteiger partial charge in [-0.2, -0.15) is 0 Å². The Bertz CT molecular complexity index is 530. The van der Waals surface area contributed by atoms with Gasteiger partial charge in [0.1, 0.15) is 22.4 Å². The monoisotopic (exact) mass is 390 g/mol. The molecule has 2 aromatic heterocycles. The SMILES string of the molecule is CCNc1ncnc(NCc2sccc2Br)c1Br. The van der Waals surface area contributed by atoms with Gasteiger partial charge in [0.2, 0.25) is 0 Å². The summed E-state index contributed by atoms with van der Waals surface area (Å²) >= 11 is 8.72. The molecule has 96 valence electrons. The van der Waals surface area contributed by atoms with Crippen LogP contribution in [0.3, 0.4) is 0 Å². The molecule has 0 bridgehead atoms. The van der Waals surface area contributed by atoms with Crippen LogP contribution in [0.4, 0.5) is 11.6 Å². The number of hydrogen-bond donors (Lipinski definition) is 2. The van der Waals surface area contributed by atoms with Crippen LogP contribution in [0.15, 0.2) is 26.7 Å². The van der Waals surface area contributed by atoms with Crippen LogP contribution in [0.1, 0.15) is 11.8 Å². The largest absolute Gasteiger partial charge is 0.369 e. The number of anilines is 2. The highest BCUT2D eigenvalue weighted by Gasteiger charge is 2.08. The zero-order valence-electron chi connectivity index (χ0n) is 9.70. The van der Waals surface area contributed by atoms with Crippen molar-refractivity contribution in [3.8, 4) is 0 Å². The quantitative estimate of drug-likeness (QED) is 0.805. The molecule has 2 heterocycles. The highest BCUT2D eigenvalue weighted by molar-refractivity contribution is 9.11. The molecule has 0 atom stereocenters. The van der Waals surface area contributed by atoms with E-state index in [1.807, 2.05) is 13.0 Å². The Morgan fingerprint density at radius 1 is 1.22 bits per heavy atom. The van der Waals surface area contributed by atoms with E-state index < -0.39 is 0 Å². The van der Waals surface area contributed by atoms with Gasteiger partial charge in [-0.25, -0.2) is 9.97 Å². The smallest absolute Gasteiger partial charge is 0.146 e. The van der Waals surface area contributed by atoms with Crippen LogP contribution in [0.25, 0.3) is 0 Å². The number of aromatic nitrogens is 2. The topological polar surface area (TPSA) is 49.8 Å². The molecule has 18 heavy (non-hydrogen) atoms. The van der Waals surface area contributed by atoms with E-state index in [0.717, 1.165) is 33.7 Å². The Morgan fingerprint density at radius 3 is 2.56 bits per heavy atom. The summed E-state index contributed by atoms with van der Waals surface area (Å²) in [6.45, 7) is 3.59. The third-order valence-electron chi connectivity index (χ3n) is 2.24. The van der Waals surface area contributed by atoms with Crippen molar-refractivity contribution >= 4 is 54.8 Å². The average molecular weight is 392 g/mol. The summed E-state index contributed by atoms with van der Waals surface area (Å²) in [6.07, 6.45) is 1.55. The fourth-order valence-electron chi connectivity index (χ4n) is 1.40. The Balaban J connectivity index is 2.10. The lowest BCUT2D eigenvalue weighted by Gasteiger charge is -2.10. The summed E-state index contributed by atoms with van der Waals surface area (Å²) in [5, 5.41) is 8.53. The summed E-state index contributed by atoms with van der Waals surface area (Å²) in [5.74, 6) is 1.60. The molecule has 4 nitrogen and oxygen atoms in total. The minimum Gasteiger partial charge on any atom is -0.369 e. The molecule has 0 aromatic carbocycles. The molecule has 0 aliphatic heterocycles. The maximum atomic E-state index is 4.23. The van der Waals surface area contributed by atoms with Crippen molar-refractivity contribution in [3.05, 3.63) is 31.6 Å². The van der Waals surface area contributed by atoms with Gasteiger partial charge < -0.3 is 10.6 Å². The maximum Gasteiger partial charge on any atom is 0.146 e. The van der Waals surface area contributed by atoms with Gasteiger partial charge in [-0.05, 0) is 50.2 Å². The first kappa shape index (κ1) is 13.8. The highest BCUT2D eigenvalue weighted by atomic mass is 79.9. The molecule has 0 aliphatic carbocycles. The molecule has 0 amide bonds. The number of thiophene rings is 1. The molecule has 0 saturated carbocycles. The van der Waals surface area contributed by atoms with Crippen molar-refractivity contribution in [3.63, 3.8) is 0 Å². The predicted molar refractivity (Wildman–Crippen MR) is 83.2 cm³/mol. The predicted octanol–water partition coefficient (Wildman–Crippen LogP) is 4.11. The summed E-state index contributed by atoms with van der Waals surface area (Å²) < 4.78 is 1.98. The molecule has 0 aliphatic rings. The first-order chi connectivity index (χ1) is 8.72. The van der Waals surface area contributed by atoms with E-state index in [1.165, 1.54) is 4.88 Å². The molecule has 7 heteroatoms. The van der Waals surface area contributed by atoms with Gasteiger partial charge in [-0.1, -0.05) is 0 Å². The van der Waals surface area contributed by atoms with Gasteiger partial charge in [0, 0.05) is 15.9 Å². The fraction of sp³-hybridized carbons (Fsp3) is 0.273. The fourth-order valence-corrected chi connectivity index (χ4v) is 3.32. The van der Waals surface area contributed by atoms with Crippen LogP contribution < -0.4 is 10.6 Å². The summed E-state index contributed by atoms with van der Waals surface area (Å²) in [6, 6.07) is 2.04. The van der Waals surface area contributed by atoms with E-state index in [9.17, 15) is 0 Å². The lowest BCUT2D eigenvalue weighted by Crippen LogP contribution is -2.06. The molecule has 2 rings (SSSR count).